The zero-order chi connectivity index (χ0) is 16.6. The molecule has 3 rings (SSSR count). The molecule has 2 aromatic rings. The van der Waals surface area contributed by atoms with E-state index in [9.17, 15) is 0 Å². The maximum Gasteiger partial charge on any atom is 0.0514 e. The predicted molar refractivity (Wildman–Crippen MR) is 122 cm³/mol. The van der Waals surface area contributed by atoms with Crippen LogP contribution in [0.15, 0.2) is 39.3 Å². The van der Waals surface area contributed by atoms with Crippen LogP contribution in [0.25, 0.3) is 0 Å². The summed E-state index contributed by atoms with van der Waals surface area (Å²) in [6.07, 6.45) is 3.50. The Kier molecular flexibility index (Phi) is 6.18. The summed E-state index contributed by atoms with van der Waals surface area (Å²) in [6, 6.07) is 11.4. The number of benzene rings is 2. The Morgan fingerprint density at radius 2 is 1.91 bits per heavy atom. The number of nitrogens with zero attached hydrogens (tertiary/aromatic N) is 1. The van der Waals surface area contributed by atoms with Gasteiger partial charge in [0.15, 0.2) is 0 Å². The number of hydrogen-bond donors (Lipinski definition) is 1. The van der Waals surface area contributed by atoms with Crippen LogP contribution in [-0.4, -0.2) is 12.6 Å². The Bertz CT molecular complexity index is 737. The van der Waals surface area contributed by atoms with Gasteiger partial charge in [0.2, 0.25) is 0 Å². The van der Waals surface area contributed by atoms with Crippen molar-refractivity contribution < 1.29 is 0 Å². The van der Waals surface area contributed by atoms with E-state index >= 15 is 0 Å². The zero-order valence-electron chi connectivity index (χ0n) is 12.3. The fourth-order valence-corrected chi connectivity index (χ4v) is 6.09. The molecule has 6 heteroatoms. The van der Waals surface area contributed by atoms with Gasteiger partial charge < -0.3 is 10.6 Å². The summed E-state index contributed by atoms with van der Waals surface area (Å²) in [6.45, 7) is 1.12. The first-order valence-corrected chi connectivity index (χ1v) is 11.1. The number of nitrogens with two attached hydrogens (primary N) is 1. The van der Waals surface area contributed by atoms with Gasteiger partial charge in [-0.25, -0.2) is 0 Å². The molecule has 0 unspecified atom stereocenters. The molecule has 1 fully saturated rings. The van der Waals surface area contributed by atoms with Crippen molar-refractivity contribution in [2.24, 2.45) is 0 Å². The van der Waals surface area contributed by atoms with Gasteiger partial charge >= 0.3 is 0 Å². The van der Waals surface area contributed by atoms with Gasteiger partial charge in [-0.15, -0.1) is 0 Å². The van der Waals surface area contributed by atoms with Crippen LogP contribution in [-0.2, 0) is 6.42 Å². The van der Waals surface area contributed by atoms with Gasteiger partial charge in [-0.1, -0.05) is 0 Å². The SMILES string of the molecule is Nc1cc(C[C@@H]2CCCN2c2ccc(I)cc2Br)c(I)cc1Br. The minimum absolute atomic E-state index is 0.528. The standard InChI is InChI=1S/C17H16Br2I2N2/c18-13-9-15(21)10(7-16(13)22)6-12-2-1-5-23(12)17-4-3-11(20)8-14(17)19/h3-4,7-9,12H,1-2,5-6,22H2/t12-/m0/s1. The second kappa shape index (κ2) is 7.78. The fourth-order valence-electron chi connectivity index (χ4n) is 3.10. The average Bonchev–Trinajstić information content (AvgIpc) is 2.93. The summed E-state index contributed by atoms with van der Waals surface area (Å²) < 4.78 is 4.69. The number of hydrogen-bond acceptors (Lipinski definition) is 2. The minimum Gasteiger partial charge on any atom is -0.398 e. The predicted octanol–water partition coefficient (Wildman–Crippen LogP) is 6.21. The molecular formula is C17H16Br2I2N2. The molecule has 0 bridgehead atoms. The normalized spacial score (nSPS) is 17.7. The van der Waals surface area contributed by atoms with E-state index in [1.54, 1.807) is 0 Å². The first-order chi connectivity index (χ1) is 11.0. The molecule has 0 radical (unpaired) electrons. The Morgan fingerprint density at radius 1 is 1.13 bits per heavy atom. The Hall–Kier alpha value is 0.460. The molecule has 0 amide bonds. The molecule has 1 aliphatic heterocycles. The van der Waals surface area contributed by atoms with Crippen LogP contribution in [0.5, 0.6) is 0 Å². The average molecular weight is 662 g/mol. The maximum absolute atomic E-state index is 6.08. The van der Waals surface area contributed by atoms with Crippen molar-refractivity contribution in [2.45, 2.75) is 25.3 Å². The lowest BCUT2D eigenvalue weighted by Gasteiger charge is -2.28. The van der Waals surface area contributed by atoms with E-state index in [4.69, 9.17) is 5.73 Å². The van der Waals surface area contributed by atoms with Crippen molar-refractivity contribution in [2.75, 3.05) is 17.2 Å². The van der Waals surface area contributed by atoms with Gasteiger partial charge in [0.25, 0.3) is 0 Å². The van der Waals surface area contributed by atoms with E-state index in [1.807, 2.05) is 0 Å². The lowest BCUT2D eigenvalue weighted by atomic mass is 10.0. The summed E-state index contributed by atoms with van der Waals surface area (Å²) in [5, 5.41) is 0. The van der Waals surface area contributed by atoms with Crippen molar-refractivity contribution in [3.8, 4) is 0 Å². The summed E-state index contributed by atoms with van der Waals surface area (Å²) in [7, 11) is 0. The molecule has 1 heterocycles. The van der Waals surface area contributed by atoms with Crippen molar-refractivity contribution in [1.82, 2.24) is 0 Å². The van der Waals surface area contributed by atoms with Gasteiger partial charge in [-0.3, -0.25) is 0 Å². The first-order valence-electron chi connectivity index (χ1n) is 7.41. The van der Waals surface area contributed by atoms with Crippen LogP contribution < -0.4 is 10.6 Å². The lowest BCUT2D eigenvalue weighted by molar-refractivity contribution is 0.661. The van der Waals surface area contributed by atoms with Gasteiger partial charge in [-0.2, -0.15) is 0 Å². The third-order valence-electron chi connectivity index (χ3n) is 4.22. The van der Waals surface area contributed by atoms with Crippen LogP contribution in [0.1, 0.15) is 18.4 Å². The van der Waals surface area contributed by atoms with E-state index in [0.717, 1.165) is 23.1 Å². The highest BCUT2D eigenvalue weighted by Crippen LogP contribution is 2.35. The number of nitrogen functional groups attached to an aromatic ring is 1. The molecular weight excluding hydrogens is 646 g/mol. The lowest BCUT2D eigenvalue weighted by Crippen LogP contribution is -2.31. The largest absolute Gasteiger partial charge is 0.398 e. The topological polar surface area (TPSA) is 29.3 Å². The van der Waals surface area contributed by atoms with Crippen LogP contribution in [0, 0.1) is 7.14 Å². The Labute approximate surface area is 181 Å². The van der Waals surface area contributed by atoms with Crippen molar-refractivity contribution in [3.63, 3.8) is 0 Å². The summed E-state index contributed by atoms with van der Waals surface area (Å²) >= 11 is 12.0. The quantitative estimate of drug-likeness (QED) is 0.313. The van der Waals surface area contributed by atoms with Gasteiger partial charge in [0, 0.05) is 34.4 Å². The van der Waals surface area contributed by atoms with E-state index < -0.39 is 0 Å². The molecule has 2 nitrogen and oxygen atoms in total. The van der Waals surface area contributed by atoms with Crippen molar-refractivity contribution >= 4 is 88.4 Å². The Balaban J connectivity index is 1.86. The van der Waals surface area contributed by atoms with Crippen LogP contribution in [0.4, 0.5) is 11.4 Å². The molecule has 1 atom stereocenters. The number of anilines is 2. The molecule has 2 N–H and O–H groups in total. The third-order valence-corrected chi connectivity index (χ3v) is 7.21. The van der Waals surface area contributed by atoms with Crippen LogP contribution >= 0.6 is 77.0 Å². The molecule has 122 valence electrons. The summed E-state index contributed by atoms with van der Waals surface area (Å²) in [5.41, 5.74) is 9.53. The van der Waals surface area contributed by atoms with E-state index in [-0.39, 0.29) is 0 Å². The third kappa shape index (κ3) is 4.17. The molecule has 0 spiro atoms. The minimum atomic E-state index is 0.528. The zero-order valence-corrected chi connectivity index (χ0v) is 19.8. The van der Waals surface area contributed by atoms with E-state index in [2.05, 4.69) is 112 Å². The first kappa shape index (κ1) is 18.3. The molecule has 1 aliphatic rings. The summed E-state index contributed by atoms with van der Waals surface area (Å²) in [4.78, 5) is 2.54. The molecule has 23 heavy (non-hydrogen) atoms. The second-order valence-corrected chi connectivity index (χ2v) is 9.87. The molecule has 2 aromatic carbocycles. The maximum atomic E-state index is 6.08. The highest BCUT2D eigenvalue weighted by Gasteiger charge is 2.27. The molecule has 0 aliphatic carbocycles. The van der Waals surface area contributed by atoms with Gasteiger partial charge in [0.1, 0.15) is 0 Å². The van der Waals surface area contributed by atoms with Crippen molar-refractivity contribution in [3.05, 3.63) is 52.0 Å². The van der Waals surface area contributed by atoms with Crippen LogP contribution in [0.2, 0.25) is 0 Å². The van der Waals surface area contributed by atoms with Gasteiger partial charge in [-0.05, 0) is 132 Å². The van der Waals surface area contributed by atoms with E-state index in [1.165, 1.54) is 35.7 Å². The smallest absolute Gasteiger partial charge is 0.0514 e. The van der Waals surface area contributed by atoms with Crippen molar-refractivity contribution in [1.29, 1.82) is 0 Å². The van der Waals surface area contributed by atoms with Crippen LogP contribution in [0.3, 0.4) is 0 Å². The molecule has 0 aromatic heterocycles. The molecule has 0 saturated carbocycles. The fraction of sp³-hybridized carbons (Fsp3) is 0.294. The highest BCUT2D eigenvalue weighted by atomic mass is 127. The second-order valence-electron chi connectivity index (χ2n) is 5.75. The summed E-state index contributed by atoms with van der Waals surface area (Å²) in [5.74, 6) is 0. The molecule has 1 saturated heterocycles. The number of halogens is 4. The van der Waals surface area contributed by atoms with Gasteiger partial charge in [0.05, 0.1) is 5.69 Å². The highest BCUT2D eigenvalue weighted by molar-refractivity contribution is 14.1. The number of rotatable bonds is 3. The monoisotopic (exact) mass is 660 g/mol. The van der Waals surface area contributed by atoms with E-state index in [0.29, 0.717) is 6.04 Å². The Morgan fingerprint density at radius 3 is 2.65 bits per heavy atom.